The van der Waals surface area contributed by atoms with E-state index < -0.39 is 4.92 Å². The molecule has 0 fully saturated rings. The first-order valence-electron chi connectivity index (χ1n) is 3.05. The second kappa shape index (κ2) is 4.58. The van der Waals surface area contributed by atoms with Crippen LogP contribution in [0, 0.1) is 17.0 Å². The smallest absolute Gasteiger partial charge is 0.258 e. The largest absolute Gasteiger partial charge is 2.00 e. The predicted octanol–water partition coefficient (Wildman–Crippen LogP) is 2.19. The van der Waals surface area contributed by atoms with Crippen LogP contribution in [-0.2, 0) is 19.5 Å². The van der Waals surface area contributed by atoms with E-state index in [1.54, 1.807) is 19.1 Å². The van der Waals surface area contributed by atoms with Gasteiger partial charge >= 0.3 is 19.5 Å². The molecule has 0 saturated heterocycles. The Morgan fingerprint density at radius 1 is 1.50 bits per heavy atom. The second-order valence-electron chi connectivity index (χ2n) is 2.25. The van der Waals surface area contributed by atoms with Gasteiger partial charge in [0.15, 0.2) is 0 Å². The van der Waals surface area contributed by atoms with E-state index >= 15 is 0 Å². The van der Waals surface area contributed by atoms with Gasteiger partial charge in [0.25, 0.3) is 5.69 Å². The minimum Gasteiger partial charge on any atom is -0.258 e. The van der Waals surface area contributed by atoms with E-state index in [9.17, 15) is 10.1 Å². The van der Waals surface area contributed by atoms with Crippen molar-refractivity contribution < 1.29 is 24.4 Å². The Morgan fingerprint density at radius 3 is 2.50 bits per heavy atom. The third-order valence-electron chi connectivity index (χ3n) is 1.33. The van der Waals surface area contributed by atoms with E-state index in [4.69, 9.17) is 0 Å². The Labute approximate surface area is 88.5 Å². The fourth-order valence-electron chi connectivity index (χ4n) is 0.780. The molecule has 58 valence electrons. The van der Waals surface area contributed by atoms with Gasteiger partial charge in [0.05, 0.1) is 9.82 Å². The Bertz CT molecular complexity index is 303. The average Bonchev–Trinajstić information content (AvgIpc) is 1.94. The maximum absolute atomic E-state index is 10.3. The standard InChI is InChI=1S/C7H7NO2S.Zn/c1-5-2-3-7(11)6(4-5)8(9)10;/h2-4,11H,1H3;/q;+2. The minimum atomic E-state index is -0.435. The molecule has 0 unspecified atom stereocenters. The quantitative estimate of drug-likeness (QED) is 0.350. The van der Waals surface area contributed by atoms with Crippen molar-refractivity contribution in [2.24, 2.45) is 0 Å². The molecule has 0 aromatic heterocycles. The Balaban J connectivity index is 0.00000121. The first-order valence-corrected chi connectivity index (χ1v) is 3.50. The summed E-state index contributed by atoms with van der Waals surface area (Å²) in [6.45, 7) is 1.81. The Hall–Kier alpha value is -0.407. The van der Waals surface area contributed by atoms with Gasteiger partial charge in [0, 0.05) is 6.07 Å². The predicted molar refractivity (Wildman–Crippen MR) is 45.1 cm³/mol. The van der Waals surface area contributed by atoms with Crippen molar-refractivity contribution in [1.29, 1.82) is 0 Å². The van der Waals surface area contributed by atoms with Gasteiger partial charge in [0.2, 0.25) is 0 Å². The van der Waals surface area contributed by atoms with Crippen LogP contribution in [0.25, 0.3) is 0 Å². The van der Waals surface area contributed by atoms with Crippen molar-refractivity contribution >= 4 is 18.3 Å². The summed E-state index contributed by atoms with van der Waals surface area (Å²) in [5.74, 6) is 0. The zero-order valence-corrected chi connectivity index (χ0v) is 10.5. The van der Waals surface area contributed by atoms with E-state index in [2.05, 4.69) is 12.6 Å². The monoisotopic (exact) mass is 233 g/mol. The summed E-state index contributed by atoms with van der Waals surface area (Å²) < 4.78 is 0. The molecule has 1 aromatic carbocycles. The van der Waals surface area contributed by atoms with Crippen molar-refractivity contribution in [2.75, 3.05) is 0 Å². The van der Waals surface area contributed by atoms with Crippen molar-refractivity contribution in [3.63, 3.8) is 0 Å². The second-order valence-corrected chi connectivity index (χ2v) is 2.73. The molecule has 0 spiro atoms. The summed E-state index contributed by atoms with van der Waals surface area (Å²) in [4.78, 5) is 10.3. The normalized spacial score (nSPS) is 8.83. The van der Waals surface area contributed by atoms with E-state index in [-0.39, 0.29) is 25.2 Å². The molecule has 5 heteroatoms. The number of thiol groups is 1. The zero-order valence-electron chi connectivity index (χ0n) is 6.65. The van der Waals surface area contributed by atoms with Crippen LogP contribution in [0.4, 0.5) is 5.69 Å². The van der Waals surface area contributed by atoms with Crippen LogP contribution >= 0.6 is 12.6 Å². The van der Waals surface area contributed by atoms with Crippen LogP contribution in [-0.4, -0.2) is 4.92 Å². The molecule has 0 aliphatic carbocycles. The van der Waals surface area contributed by atoms with Crippen LogP contribution in [0.5, 0.6) is 0 Å². The molecule has 3 nitrogen and oxygen atoms in total. The summed E-state index contributed by atoms with van der Waals surface area (Å²) in [6, 6.07) is 4.91. The third kappa shape index (κ3) is 2.57. The number of hydrogen-bond donors (Lipinski definition) is 1. The Morgan fingerprint density at radius 2 is 2.08 bits per heavy atom. The number of aryl methyl sites for hydroxylation is 1. The minimum absolute atomic E-state index is 0. The molecule has 0 atom stereocenters. The van der Waals surface area contributed by atoms with Crippen molar-refractivity contribution in [3.8, 4) is 0 Å². The first-order chi connectivity index (χ1) is 5.11. The molecule has 12 heavy (non-hydrogen) atoms. The van der Waals surface area contributed by atoms with Crippen LogP contribution in [0.3, 0.4) is 0 Å². The maximum atomic E-state index is 10.3. The fourth-order valence-corrected chi connectivity index (χ4v) is 1.00. The number of nitro groups is 1. The molecule has 0 amide bonds. The number of hydrogen-bond acceptors (Lipinski definition) is 3. The van der Waals surface area contributed by atoms with Crippen LogP contribution in [0.15, 0.2) is 23.1 Å². The molecule has 1 rings (SSSR count). The van der Waals surface area contributed by atoms with Crippen LogP contribution in [0.1, 0.15) is 5.56 Å². The van der Waals surface area contributed by atoms with Gasteiger partial charge in [-0.3, -0.25) is 10.1 Å². The molecule has 0 bridgehead atoms. The molecule has 0 aliphatic heterocycles. The number of nitro benzene ring substituents is 1. The van der Waals surface area contributed by atoms with Gasteiger partial charge in [-0.15, -0.1) is 12.6 Å². The van der Waals surface area contributed by atoms with E-state index in [1.807, 2.05) is 0 Å². The van der Waals surface area contributed by atoms with Gasteiger partial charge in [-0.1, -0.05) is 6.07 Å². The van der Waals surface area contributed by atoms with Crippen molar-refractivity contribution in [1.82, 2.24) is 0 Å². The number of rotatable bonds is 1. The summed E-state index contributed by atoms with van der Waals surface area (Å²) >= 11 is 3.94. The molecular formula is C7H7NO2SZn+2. The molecule has 0 radical (unpaired) electrons. The summed E-state index contributed by atoms with van der Waals surface area (Å²) in [5.41, 5.74) is 0.933. The molecule has 0 N–H and O–H groups in total. The fraction of sp³-hybridized carbons (Fsp3) is 0.143. The molecule has 0 aliphatic rings. The maximum Gasteiger partial charge on any atom is 2.00 e. The van der Waals surface area contributed by atoms with Crippen LogP contribution < -0.4 is 0 Å². The number of benzene rings is 1. The van der Waals surface area contributed by atoms with Crippen LogP contribution in [0.2, 0.25) is 0 Å². The average molecular weight is 235 g/mol. The summed E-state index contributed by atoms with van der Waals surface area (Å²) in [5, 5.41) is 10.3. The van der Waals surface area contributed by atoms with E-state index in [0.29, 0.717) is 4.90 Å². The topological polar surface area (TPSA) is 43.1 Å². The third-order valence-corrected chi connectivity index (χ3v) is 1.71. The van der Waals surface area contributed by atoms with Gasteiger partial charge in [0.1, 0.15) is 0 Å². The van der Waals surface area contributed by atoms with Gasteiger partial charge in [-0.05, 0) is 18.6 Å². The van der Waals surface area contributed by atoms with Crippen molar-refractivity contribution in [3.05, 3.63) is 33.9 Å². The molecule has 0 heterocycles. The Kier molecular flexibility index (Phi) is 4.42. The molecular weight excluding hydrogens is 228 g/mol. The van der Waals surface area contributed by atoms with Gasteiger partial charge in [-0.25, -0.2) is 0 Å². The number of nitrogens with zero attached hydrogens (tertiary/aromatic N) is 1. The van der Waals surface area contributed by atoms with Crippen molar-refractivity contribution in [2.45, 2.75) is 11.8 Å². The van der Waals surface area contributed by atoms with Gasteiger partial charge < -0.3 is 0 Å². The summed E-state index contributed by atoms with van der Waals surface area (Å²) in [6.07, 6.45) is 0. The van der Waals surface area contributed by atoms with Gasteiger partial charge in [-0.2, -0.15) is 0 Å². The SMILES string of the molecule is Cc1ccc(S)c([N+](=O)[O-])c1.[Zn+2]. The van der Waals surface area contributed by atoms with E-state index in [1.165, 1.54) is 6.07 Å². The molecule has 1 aromatic rings. The molecule has 0 saturated carbocycles. The summed E-state index contributed by atoms with van der Waals surface area (Å²) in [7, 11) is 0. The van der Waals surface area contributed by atoms with E-state index in [0.717, 1.165) is 5.56 Å². The zero-order chi connectivity index (χ0) is 8.43. The first kappa shape index (κ1) is 11.6.